The van der Waals surface area contributed by atoms with E-state index in [1.165, 1.54) is 21.9 Å². The van der Waals surface area contributed by atoms with Gasteiger partial charge in [0, 0.05) is 43.9 Å². The van der Waals surface area contributed by atoms with Crippen LogP contribution in [0.1, 0.15) is 0 Å². The summed E-state index contributed by atoms with van der Waals surface area (Å²) >= 11 is 0. The van der Waals surface area contributed by atoms with Crippen molar-refractivity contribution in [2.24, 2.45) is 0 Å². The smallest absolute Gasteiger partial charge is 0.164 e. The first-order valence-corrected chi connectivity index (χ1v) is 23.3. The van der Waals surface area contributed by atoms with Crippen molar-refractivity contribution < 1.29 is 4.42 Å². The lowest BCUT2D eigenvalue weighted by Gasteiger charge is -2.12. The molecule has 0 atom stereocenters. The van der Waals surface area contributed by atoms with Gasteiger partial charge in [0.2, 0.25) is 0 Å². The molecule has 0 saturated heterocycles. The highest BCUT2D eigenvalue weighted by Crippen LogP contribution is 2.45. The average molecular weight is 882 g/mol. The molecular weight excluding hydrogens is 843 g/mol. The Morgan fingerprint density at radius 2 is 0.797 bits per heavy atom. The third kappa shape index (κ3) is 6.30. The van der Waals surface area contributed by atoms with Crippen molar-refractivity contribution in [3.63, 3.8) is 0 Å². The van der Waals surface area contributed by atoms with Gasteiger partial charge in [-0.25, -0.2) is 15.0 Å². The van der Waals surface area contributed by atoms with E-state index in [9.17, 15) is 0 Å². The molecule has 0 unspecified atom stereocenters. The number of para-hydroxylation sites is 2. The molecule has 0 radical (unpaired) electrons. The van der Waals surface area contributed by atoms with Gasteiger partial charge in [0.15, 0.2) is 17.5 Å². The van der Waals surface area contributed by atoms with Crippen molar-refractivity contribution in [1.82, 2.24) is 24.1 Å². The quantitative estimate of drug-likeness (QED) is 0.160. The van der Waals surface area contributed by atoms with Crippen molar-refractivity contribution in [3.8, 4) is 67.8 Å². The number of aromatic nitrogens is 5. The van der Waals surface area contributed by atoms with Gasteiger partial charge >= 0.3 is 0 Å². The zero-order valence-electron chi connectivity index (χ0n) is 37.2. The topological polar surface area (TPSA) is 61.7 Å². The van der Waals surface area contributed by atoms with Crippen LogP contribution in [0.25, 0.3) is 133 Å². The van der Waals surface area contributed by atoms with E-state index in [0.717, 1.165) is 94.0 Å². The van der Waals surface area contributed by atoms with Gasteiger partial charge in [-0.05, 0) is 82.9 Å². The molecule has 0 aliphatic carbocycles. The summed E-state index contributed by atoms with van der Waals surface area (Å²) < 4.78 is 11.7. The van der Waals surface area contributed by atoms with E-state index in [4.69, 9.17) is 19.4 Å². The highest BCUT2D eigenvalue weighted by atomic mass is 16.3. The summed E-state index contributed by atoms with van der Waals surface area (Å²) in [5, 5.41) is 6.76. The number of nitrogens with zero attached hydrogens (tertiary/aromatic N) is 5. The Kier molecular flexibility index (Phi) is 8.79. The molecule has 4 aromatic heterocycles. The number of hydrogen-bond donors (Lipinski definition) is 0. The molecule has 10 aromatic carbocycles. The minimum Gasteiger partial charge on any atom is -0.456 e. The Morgan fingerprint density at radius 1 is 0.290 bits per heavy atom. The van der Waals surface area contributed by atoms with Crippen LogP contribution in [0.5, 0.6) is 0 Å². The molecule has 14 rings (SSSR count). The summed E-state index contributed by atoms with van der Waals surface area (Å²) in [4.78, 5) is 15.5. The number of fused-ring (bicyclic) bond motifs is 10. The van der Waals surface area contributed by atoms with Gasteiger partial charge in [-0.1, -0.05) is 176 Å². The normalized spacial score (nSPS) is 11.8. The first kappa shape index (κ1) is 38.8. The number of hydrogen-bond acceptors (Lipinski definition) is 4. The fourth-order valence-corrected chi connectivity index (χ4v) is 10.4. The third-order valence-electron chi connectivity index (χ3n) is 13.6. The predicted molar refractivity (Wildman–Crippen MR) is 283 cm³/mol. The van der Waals surface area contributed by atoms with Gasteiger partial charge in [-0.2, -0.15) is 0 Å². The van der Waals surface area contributed by atoms with Gasteiger partial charge in [0.1, 0.15) is 11.2 Å². The second-order valence-corrected chi connectivity index (χ2v) is 17.6. The Balaban J connectivity index is 1.01. The highest BCUT2D eigenvalue weighted by Gasteiger charge is 2.24. The minimum atomic E-state index is 0.598. The van der Waals surface area contributed by atoms with Crippen LogP contribution < -0.4 is 0 Å². The van der Waals surface area contributed by atoms with Crippen molar-refractivity contribution in [1.29, 1.82) is 0 Å². The standard InChI is InChI=1S/C63H39N5O/c1-5-16-40(17-6-1)42-28-30-44(31-29-42)62-64-61(43-20-9-3-10-21-43)65-63(66-62)46-32-34-49-50-35-37-57-59(60(50)67(55(49)39-46)47-22-11-4-12-23-47)58-54(26-15-27-56(58)69-57)68-52-25-14-13-24-48(52)51-38-45(33-36-53(51)68)41-18-7-2-8-19-41/h1-39H. The van der Waals surface area contributed by atoms with Gasteiger partial charge < -0.3 is 13.6 Å². The maximum atomic E-state index is 6.87. The van der Waals surface area contributed by atoms with Crippen molar-refractivity contribution >= 4 is 65.6 Å². The second-order valence-electron chi connectivity index (χ2n) is 17.6. The largest absolute Gasteiger partial charge is 0.456 e. The second kappa shape index (κ2) is 15.6. The monoisotopic (exact) mass is 881 g/mol. The lowest BCUT2D eigenvalue weighted by atomic mass is 10.0. The van der Waals surface area contributed by atoms with Crippen LogP contribution >= 0.6 is 0 Å². The summed E-state index contributed by atoms with van der Waals surface area (Å²) in [6.07, 6.45) is 0. The molecule has 322 valence electrons. The van der Waals surface area contributed by atoms with Gasteiger partial charge in [-0.15, -0.1) is 0 Å². The molecule has 0 saturated carbocycles. The van der Waals surface area contributed by atoms with E-state index in [-0.39, 0.29) is 0 Å². The predicted octanol–water partition coefficient (Wildman–Crippen LogP) is 16.3. The fraction of sp³-hybridized carbons (Fsp3) is 0. The maximum absolute atomic E-state index is 6.87. The molecule has 6 heteroatoms. The van der Waals surface area contributed by atoms with E-state index < -0.39 is 0 Å². The SMILES string of the molecule is c1ccc(-c2ccc(-c3nc(-c4ccccc4)nc(-c4ccc5c6ccc7oc8cccc(-n9c%10ccccc%10c%10cc(-c%11ccccc%11)ccc%109)c8c7c6n(-c6ccccc6)c5c4)n3)cc2)cc1. The van der Waals surface area contributed by atoms with E-state index in [2.05, 4.69) is 209 Å². The van der Waals surface area contributed by atoms with Crippen LogP contribution in [0, 0.1) is 0 Å². The van der Waals surface area contributed by atoms with Crippen LogP contribution in [-0.4, -0.2) is 24.1 Å². The number of benzene rings is 10. The molecule has 4 heterocycles. The molecule has 0 spiro atoms. The van der Waals surface area contributed by atoms with Gasteiger partial charge in [-0.3, -0.25) is 0 Å². The summed E-state index contributed by atoms with van der Waals surface area (Å²) in [6.45, 7) is 0. The summed E-state index contributed by atoms with van der Waals surface area (Å²) in [5.74, 6) is 1.83. The van der Waals surface area contributed by atoms with Crippen LogP contribution in [-0.2, 0) is 0 Å². The fourth-order valence-electron chi connectivity index (χ4n) is 10.4. The van der Waals surface area contributed by atoms with Crippen molar-refractivity contribution in [2.75, 3.05) is 0 Å². The van der Waals surface area contributed by atoms with E-state index >= 15 is 0 Å². The summed E-state index contributed by atoms with van der Waals surface area (Å²) in [5.41, 5.74) is 15.5. The highest BCUT2D eigenvalue weighted by molar-refractivity contribution is 6.27. The first-order chi connectivity index (χ1) is 34.2. The molecule has 0 N–H and O–H groups in total. The molecule has 69 heavy (non-hydrogen) atoms. The Bertz CT molecular complexity index is 4270. The van der Waals surface area contributed by atoms with Crippen LogP contribution in [0.4, 0.5) is 0 Å². The Labute approximate surface area is 396 Å². The molecule has 0 amide bonds. The van der Waals surface area contributed by atoms with Crippen LogP contribution in [0.3, 0.4) is 0 Å². The Morgan fingerprint density at radius 3 is 1.52 bits per heavy atom. The van der Waals surface area contributed by atoms with Crippen LogP contribution in [0.2, 0.25) is 0 Å². The third-order valence-corrected chi connectivity index (χ3v) is 13.6. The van der Waals surface area contributed by atoms with E-state index in [1.54, 1.807) is 0 Å². The Hall–Kier alpha value is -9.39. The molecule has 0 bridgehead atoms. The van der Waals surface area contributed by atoms with Gasteiger partial charge in [0.25, 0.3) is 0 Å². The van der Waals surface area contributed by atoms with Crippen LogP contribution in [0.15, 0.2) is 241 Å². The van der Waals surface area contributed by atoms with Crippen molar-refractivity contribution in [3.05, 3.63) is 237 Å². The molecule has 6 nitrogen and oxygen atoms in total. The van der Waals surface area contributed by atoms with E-state index in [0.29, 0.717) is 17.5 Å². The zero-order chi connectivity index (χ0) is 45.4. The number of furan rings is 1. The minimum absolute atomic E-state index is 0.598. The lowest BCUT2D eigenvalue weighted by Crippen LogP contribution is -2.00. The van der Waals surface area contributed by atoms with Crippen molar-refractivity contribution in [2.45, 2.75) is 0 Å². The molecule has 0 aliphatic heterocycles. The number of rotatable bonds is 7. The average Bonchev–Trinajstić information content (AvgIpc) is 4.09. The first-order valence-electron chi connectivity index (χ1n) is 23.3. The summed E-state index contributed by atoms with van der Waals surface area (Å²) in [6, 6.07) is 83.2. The lowest BCUT2D eigenvalue weighted by molar-refractivity contribution is 0.669. The zero-order valence-corrected chi connectivity index (χ0v) is 37.2. The molecule has 14 aromatic rings. The summed E-state index contributed by atoms with van der Waals surface area (Å²) in [7, 11) is 0. The van der Waals surface area contributed by atoms with Gasteiger partial charge in [0.05, 0.1) is 38.5 Å². The van der Waals surface area contributed by atoms with E-state index in [1.807, 2.05) is 36.4 Å². The molecule has 0 fully saturated rings. The molecular formula is C63H39N5O. The maximum Gasteiger partial charge on any atom is 0.164 e. The molecule has 0 aliphatic rings.